The Labute approximate surface area is 170 Å². The minimum Gasteiger partial charge on any atom is -0.375 e. The maximum Gasteiger partial charge on any atom is 0.241 e. The summed E-state index contributed by atoms with van der Waals surface area (Å²) in [5.74, 6) is -0.453. The molecule has 1 atom stereocenters. The molecule has 0 radical (unpaired) electrons. The Morgan fingerprint density at radius 1 is 0.966 bits per heavy atom. The summed E-state index contributed by atoms with van der Waals surface area (Å²) in [7, 11) is -3.87. The highest BCUT2D eigenvalue weighted by molar-refractivity contribution is 7.89. The van der Waals surface area contributed by atoms with Crippen LogP contribution >= 0.6 is 0 Å². The molecule has 0 saturated carbocycles. The van der Waals surface area contributed by atoms with E-state index in [0.29, 0.717) is 31.4 Å². The van der Waals surface area contributed by atoms with Crippen LogP contribution in [-0.4, -0.2) is 27.6 Å². The quantitative estimate of drug-likeness (QED) is 0.529. The van der Waals surface area contributed by atoms with E-state index in [9.17, 15) is 12.8 Å². The summed E-state index contributed by atoms with van der Waals surface area (Å²) in [5, 5.41) is 0.622. The first kappa shape index (κ1) is 21.4. The van der Waals surface area contributed by atoms with Crippen LogP contribution in [0.15, 0.2) is 71.6 Å². The molecule has 0 unspecified atom stereocenters. The van der Waals surface area contributed by atoms with Gasteiger partial charge in [0.05, 0.1) is 18.1 Å². The van der Waals surface area contributed by atoms with E-state index < -0.39 is 21.9 Å². The average Bonchev–Trinajstić information content (AvgIpc) is 2.73. The summed E-state index contributed by atoms with van der Waals surface area (Å²) in [4.78, 5) is 0.0512. The normalized spacial score (nSPS) is 12.9. The van der Waals surface area contributed by atoms with Crippen molar-refractivity contribution in [1.82, 2.24) is 4.72 Å². The maximum absolute atomic E-state index is 14.1. The van der Waals surface area contributed by atoms with Crippen LogP contribution in [0, 0.1) is 5.82 Å². The van der Waals surface area contributed by atoms with E-state index >= 15 is 0 Å². The van der Waals surface area contributed by atoms with Gasteiger partial charge in [0.2, 0.25) is 10.0 Å². The van der Waals surface area contributed by atoms with Gasteiger partial charge in [0.25, 0.3) is 0 Å². The van der Waals surface area contributed by atoms with Gasteiger partial charge in [-0.15, -0.1) is 0 Å². The zero-order valence-electron chi connectivity index (χ0n) is 16.1. The standard InChI is InChI=1S/C22H25FN2O3S/c23-21-12-13-22(20-11-5-4-10-19(20)21)29(26,27)25-18(9-6-14-24)16-28-15-17-7-2-1-3-8-17/h1-5,7-8,10-13,18,25H,6,9,14-16,24H2/t18-/m0/s1. The Morgan fingerprint density at radius 2 is 1.66 bits per heavy atom. The molecule has 0 aliphatic rings. The Balaban J connectivity index is 1.76. The second-order valence-corrected chi connectivity index (χ2v) is 8.52. The lowest BCUT2D eigenvalue weighted by Gasteiger charge is -2.19. The van der Waals surface area contributed by atoms with Crippen LogP contribution in [0.1, 0.15) is 18.4 Å². The highest BCUT2D eigenvalue weighted by Crippen LogP contribution is 2.25. The zero-order chi connectivity index (χ0) is 20.7. The summed E-state index contributed by atoms with van der Waals surface area (Å²) >= 11 is 0. The van der Waals surface area contributed by atoms with Gasteiger partial charge >= 0.3 is 0 Å². The van der Waals surface area contributed by atoms with Crippen molar-refractivity contribution in [1.29, 1.82) is 0 Å². The van der Waals surface area contributed by atoms with Gasteiger partial charge in [-0.05, 0) is 37.1 Å². The predicted molar refractivity (Wildman–Crippen MR) is 112 cm³/mol. The fraction of sp³-hybridized carbons (Fsp3) is 0.273. The first-order valence-corrected chi connectivity index (χ1v) is 11.0. The second-order valence-electron chi connectivity index (χ2n) is 6.84. The van der Waals surface area contributed by atoms with E-state index in [1.54, 1.807) is 24.3 Å². The van der Waals surface area contributed by atoms with Crippen molar-refractivity contribution < 1.29 is 17.5 Å². The number of nitrogens with two attached hydrogens (primary N) is 1. The summed E-state index contributed by atoms with van der Waals surface area (Å²) in [5.41, 5.74) is 6.61. The van der Waals surface area contributed by atoms with Gasteiger partial charge in [-0.1, -0.05) is 54.6 Å². The smallest absolute Gasteiger partial charge is 0.241 e. The van der Waals surface area contributed by atoms with Crippen LogP contribution in [0.5, 0.6) is 0 Å². The zero-order valence-corrected chi connectivity index (χ0v) is 16.9. The molecule has 3 N–H and O–H groups in total. The fourth-order valence-electron chi connectivity index (χ4n) is 3.19. The van der Waals surface area contributed by atoms with E-state index in [1.807, 2.05) is 30.3 Å². The number of rotatable bonds is 10. The molecular formula is C22H25FN2O3S. The molecular weight excluding hydrogens is 391 g/mol. The van der Waals surface area contributed by atoms with Crippen LogP contribution in [0.3, 0.4) is 0 Å². The predicted octanol–water partition coefficient (Wildman–Crippen LogP) is 3.58. The largest absolute Gasteiger partial charge is 0.375 e. The van der Waals surface area contributed by atoms with E-state index in [-0.39, 0.29) is 16.9 Å². The second kappa shape index (κ2) is 9.93. The van der Waals surface area contributed by atoms with Crippen LogP contribution in [-0.2, 0) is 21.4 Å². The number of hydrogen-bond donors (Lipinski definition) is 2. The lowest BCUT2D eigenvalue weighted by molar-refractivity contribution is 0.102. The molecule has 0 aromatic heterocycles. The summed E-state index contributed by atoms with van der Waals surface area (Å²) < 4.78 is 48.6. The molecule has 29 heavy (non-hydrogen) atoms. The lowest BCUT2D eigenvalue weighted by Crippen LogP contribution is -2.38. The van der Waals surface area contributed by atoms with Crippen molar-refractivity contribution in [3.8, 4) is 0 Å². The summed E-state index contributed by atoms with van der Waals surface area (Å²) in [6.07, 6.45) is 1.20. The number of sulfonamides is 1. The van der Waals surface area contributed by atoms with Crippen molar-refractivity contribution >= 4 is 20.8 Å². The molecule has 0 heterocycles. The van der Waals surface area contributed by atoms with E-state index in [4.69, 9.17) is 10.5 Å². The Bertz CT molecular complexity index is 1040. The van der Waals surface area contributed by atoms with Crippen molar-refractivity contribution in [2.75, 3.05) is 13.2 Å². The first-order valence-electron chi connectivity index (χ1n) is 9.52. The number of fused-ring (bicyclic) bond motifs is 1. The third-order valence-electron chi connectivity index (χ3n) is 4.63. The summed E-state index contributed by atoms with van der Waals surface area (Å²) in [6.45, 7) is 1.06. The van der Waals surface area contributed by atoms with Gasteiger partial charge in [0.15, 0.2) is 0 Å². The van der Waals surface area contributed by atoms with Crippen LogP contribution in [0.25, 0.3) is 10.8 Å². The molecule has 0 fully saturated rings. The fourth-order valence-corrected chi connectivity index (χ4v) is 4.65. The number of benzene rings is 3. The maximum atomic E-state index is 14.1. The van der Waals surface area contributed by atoms with Crippen molar-refractivity contribution in [3.63, 3.8) is 0 Å². The van der Waals surface area contributed by atoms with Gasteiger partial charge in [-0.3, -0.25) is 0 Å². The highest BCUT2D eigenvalue weighted by Gasteiger charge is 2.23. The molecule has 0 aliphatic heterocycles. The summed E-state index contributed by atoms with van der Waals surface area (Å²) in [6, 6.07) is 18.2. The van der Waals surface area contributed by atoms with Gasteiger partial charge in [0.1, 0.15) is 5.82 Å². The lowest BCUT2D eigenvalue weighted by atomic mass is 10.1. The van der Waals surface area contributed by atoms with Crippen molar-refractivity contribution in [2.45, 2.75) is 30.4 Å². The van der Waals surface area contributed by atoms with E-state index in [0.717, 1.165) is 5.56 Å². The van der Waals surface area contributed by atoms with Gasteiger partial charge in [-0.2, -0.15) is 0 Å². The molecule has 0 aliphatic carbocycles. The van der Waals surface area contributed by atoms with E-state index in [1.165, 1.54) is 12.1 Å². The highest BCUT2D eigenvalue weighted by atomic mass is 32.2. The Hall–Kier alpha value is -2.32. The molecule has 0 spiro atoms. The van der Waals surface area contributed by atoms with E-state index in [2.05, 4.69) is 4.72 Å². The number of halogens is 1. The molecule has 7 heteroatoms. The van der Waals surface area contributed by atoms with Crippen molar-refractivity contribution in [3.05, 3.63) is 78.1 Å². The molecule has 154 valence electrons. The van der Waals surface area contributed by atoms with Gasteiger partial charge in [-0.25, -0.2) is 17.5 Å². The van der Waals surface area contributed by atoms with Crippen molar-refractivity contribution in [2.24, 2.45) is 5.73 Å². The molecule has 3 aromatic carbocycles. The number of nitrogens with one attached hydrogen (secondary N) is 1. The van der Waals surface area contributed by atoms with Gasteiger partial charge < -0.3 is 10.5 Å². The van der Waals surface area contributed by atoms with Crippen LogP contribution < -0.4 is 10.5 Å². The molecule has 3 rings (SSSR count). The van der Waals surface area contributed by atoms with Gasteiger partial charge in [0, 0.05) is 16.8 Å². The molecule has 0 bridgehead atoms. The first-order chi connectivity index (χ1) is 14.0. The minimum atomic E-state index is -3.87. The topological polar surface area (TPSA) is 81.4 Å². The van der Waals surface area contributed by atoms with Crippen LogP contribution in [0.2, 0.25) is 0 Å². The Morgan fingerprint density at radius 3 is 2.38 bits per heavy atom. The molecule has 3 aromatic rings. The molecule has 0 amide bonds. The molecule has 0 saturated heterocycles. The number of ether oxygens (including phenoxy) is 1. The molecule has 5 nitrogen and oxygen atoms in total. The third-order valence-corrected chi connectivity index (χ3v) is 6.21. The van der Waals surface area contributed by atoms with Crippen LogP contribution in [0.4, 0.5) is 4.39 Å². The number of hydrogen-bond acceptors (Lipinski definition) is 4. The SMILES string of the molecule is NCCC[C@@H](COCc1ccccc1)NS(=O)(=O)c1ccc(F)c2ccccc12. The average molecular weight is 417 g/mol. The third kappa shape index (κ3) is 5.61. The Kier molecular flexibility index (Phi) is 7.33. The minimum absolute atomic E-state index is 0.0512. The monoisotopic (exact) mass is 416 g/mol.